The van der Waals surface area contributed by atoms with Gasteiger partial charge in [-0.3, -0.25) is 0 Å². The van der Waals surface area contributed by atoms with Crippen LogP contribution in [0.5, 0.6) is 0 Å². The second-order valence-electron chi connectivity index (χ2n) is 2.44. The first-order valence-electron chi connectivity index (χ1n) is 3.42. The van der Waals surface area contributed by atoms with E-state index in [0.29, 0.717) is 0 Å². The third-order valence-corrected chi connectivity index (χ3v) is 1.69. The maximum Gasteiger partial charge on any atom is 0.0676 e. The minimum absolute atomic E-state index is 0.957. The number of allylic oxidation sites excluding steroid dienone is 1. The number of hydrogen-bond donors (Lipinski definition) is 1. The van der Waals surface area contributed by atoms with Gasteiger partial charge in [0.05, 0.1) is 6.67 Å². The molecule has 0 saturated carbocycles. The quantitative estimate of drug-likeness (QED) is 0.588. The lowest BCUT2D eigenvalue weighted by atomic mass is 10.3. The lowest BCUT2D eigenvalue weighted by Gasteiger charge is -2.17. The molecule has 0 atom stereocenters. The fourth-order valence-corrected chi connectivity index (χ4v) is 1.17. The van der Waals surface area contributed by atoms with Crippen LogP contribution in [-0.4, -0.2) is 25.2 Å². The Morgan fingerprint density at radius 1 is 1.78 bits per heavy atom. The maximum absolute atomic E-state index is 3.94. The van der Waals surface area contributed by atoms with Crippen LogP contribution in [0.3, 0.4) is 0 Å². The van der Waals surface area contributed by atoms with E-state index in [1.165, 1.54) is 25.1 Å². The Morgan fingerprint density at radius 3 is 3.00 bits per heavy atom. The van der Waals surface area contributed by atoms with Gasteiger partial charge in [0.1, 0.15) is 0 Å². The molecule has 1 aliphatic rings. The normalized spacial score (nSPS) is 19.2. The van der Waals surface area contributed by atoms with Gasteiger partial charge in [-0.2, -0.15) is 0 Å². The largest absolute Gasteiger partial charge is 0.363 e. The Labute approximate surface area is 56.5 Å². The second kappa shape index (κ2) is 2.87. The van der Waals surface area contributed by atoms with E-state index in [1.54, 1.807) is 0 Å². The zero-order valence-corrected chi connectivity index (χ0v) is 5.98. The second-order valence-corrected chi connectivity index (χ2v) is 2.44. The molecule has 0 aliphatic carbocycles. The minimum atomic E-state index is 0.957. The van der Waals surface area contributed by atoms with Gasteiger partial charge in [-0.15, -0.1) is 0 Å². The number of rotatable bonds is 2. The van der Waals surface area contributed by atoms with Crippen molar-refractivity contribution in [3.8, 4) is 0 Å². The fraction of sp³-hybridized carbons (Fsp3) is 0.714. The molecule has 0 bridgehead atoms. The van der Waals surface area contributed by atoms with Crippen molar-refractivity contribution in [2.75, 3.05) is 20.3 Å². The standard InChI is InChI=1S/C7H14N2/c1-7-4-3-5-9(7)6-8-2/h8H,1,3-6H2,2H3. The molecule has 1 saturated heterocycles. The van der Waals surface area contributed by atoms with Gasteiger partial charge in [-0.05, 0) is 19.9 Å². The first-order chi connectivity index (χ1) is 4.34. The van der Waals surface area contributed by atoms with E-state index in [2.05, 4.69) is 16.8 Å². The third kappa shape index (κ3) is 1.45. The summed E-state index contributed by atoms with van der Waals surface area (Å²) in [6, 6.07) is 0. The summed E-state index contributed by atoms with van der Waals surface area (Å²) in [5.41, 5.74) is 1.28. The highest BCUT2D eigenvalue weighted by atomic mass is 15.2. The van der Waals surface area contributed by atoms with Crippen molar-refractivity contribution in [3.63, 3.8) is 0 Å². The van der Waals surface area contributed by atoms with E-state index in [0.717, 1.165) is 6.67 Å². The van der Waals surface area contributed by atoms with Gasteiger partial charge < -0.3 is 10.2 Å². The van der Waals surface area contributed by atoms with Crippen molar-refractivity contribution in [3.05, 3.63) is 12.3 Å². The summed E-state index contributed by atoms with van der Waals surface area (Å²) in [4.78, 5) is 2.28. The predicted molar refractivity (Wildman–Crippen MR) is 39.0 cm³/mol. The Bertz CT molecular complexity index is 109. The highest BCUT2D eigenvalue weighted by Crippen LogP contribution is 2.16. The summed E-state index contributed by atoms with van der Waals surface area (Å²) in [5.74, 6) is 0. The average Bonchev–Trinajstić information content (AvgIpc) is 2.18. The molecule has 0 aromatic rings. The van der Waals surface area contributed by atoms with Crippen molar-refractivity contribution in [1.29, 1.82) is 0 Å². The number of likely N-dealkylation sites (tertiary alicyclic amines) is 1. The Balaban J connectivity index is 2.31. The Morgan fingerprint density at radius 2 is 2.56 bits per heavy atom. The highest BCUT2D eigenvalue weighted by Gasteiger charge is 2.12. The van der Waals surface area contributed by atoms with Gasteiger partial charge in [0, 0.05) is 12.2 Å². The zero-order valence-electron chi connectivity index (χ0n) is 5.98. The van der Waals surface area contributed by atoms with Gasteiger partial charge >= 0.3 is 0 Å². The van der Waals surface area contributed by atoms with E-state index in [1.807, 2.05) is 7.05 Å². The summed E-state index contributed by atoms with van der Waals surface area (Å²) in [5, 5.41) is 3.11. The van der Waals surface area contributed by atoms with Crippen molar-refractivity contribution < 1.29 is 0 Å². The molecule has 52 valence electrons. The summed E-state index contributed by atoms with van der Waals surface area (Å²) in [6.45, 7) is 6.08. The van der Waals surface area contributed by atoms with Crippen molar-refractivity contribution in [2.45, 2.75) is 12.8 Å². The van der Waals surface area contributed by atoms with Gasteiger partial charge in [0.25, 0.3) is 0 Å². The van der Waals surface area contributed by atoms with Crippen LogP contribution < -0.4 is 5.32 Å². The lowest BCUT2D eigenvalue weighted by Crippen LogP contribution is -2.27. The number of hydrogen-bond acceptors (Lipinski definition) is 2. The van der Waals surface area contributed by atoms with E-state index in [4.69, 9.17) is 0 Å². The molecule has 2 nitrogen and oxygen atoms in total. The van der Waals surface area contributed by atoms with Gasteiger partial charge in [0.2, 0.25) is 0 Å². The molecule has 0 spiro atoms. The molecule has 0 radical (unpaired) electrons. The SMILES string of the molecule is C=C1CCCN1CNC. The first-order valence-corrected chi connectivity index (χ1v) is 3.42. The van der Waals surface area contributed by atoms with Gasteiger partial charge in [0.15, 0.2) is 0 Å². The fourth-order valence-electron chi connectivity index (χ4n) is 1.17. The molecular formula is C7H14N2. The van der Waals surface area contributed by atoms with E-state index in [-0.39, 0.29) is 0 Å². The van der Waals surface area contributed by atoms with E-state index < -0.39 is 0 Å². The molecular weight excluding hydrogens is 112 g/mol. The maximum atomic E-state index is 3.94. The van der Waals surface area contributed by atoms with Gasteiger partial charge in [-0.1, -0.05) is 6.58 Å². The van der Waals surface area contributed by atoms with Crippen LogP contribution in [0.4, 0.5) is 0 Å². The number of nitrogens with zero attached hydrogens (tertiary/aromatic N) is 1. The van der Waals surface area contributed by atoms with Crippen molar-refractivity contribution in [1.82, 2.24) is 10.2 Å². The molecule has 0 aromatic heterocycles. The molecule has 2 heteroatoms. The lowest BCUT2D eigenvalue weighted by molar-refractivity contribution is 0.372. The minimum Gasteiger partial charge on any atom is -0.363 e. The van der Waals surface area contributed by atoms with Crippen LogP contribution in [0, 0.1) is 0 Å². The van der Waals surface area contributed by atoms with Crippen LogP contribution in [0.1, 0.15) is 12.8 Å². The summed E-state index contributed by atoms with van der Waals surface area (Å²) >= 11 is 0. The van der Waals surface area contributed by atoms with Crippen molar-refractivity contribution in [2.24, 2.45) is 0 Å². The predicted octanol–water partition coefficient (Wildman–Crippen LogP) is 0.773. The van der Waals surface area contributed by atoms with Crippen LogP contribution in [0.15, 0.2) is 12.3 Å². The molecule has 1 fully saturated rings. The highest BCUT2D eigenvalue weighted by molar-refractivity contribution is 4.98. The third-order valence-electron chi connectivity index (χ3n) is 1.69. The molecule has 0 unspecified atom stereocenters. The molecule has 1 rings (SSSR count). The van der Waals surface area contributed by atoms with Crippen LogP contribution in [0.25, 0.3) is 0 Å². The molecule has 0 aromatic carbocycles. The Hall–Kier alpha value is -0.500. The van der Waals surface area contributed by atoms with E-state index >= 15 is 0 Å². The molecule has 0 amide bonds. The topological polar surface area (TPSA) is 15.3 Å². The molecule has 1 heterocycles. The first kappa shape index (κ1) is 6.62. The number of nitrogens with one attached hydrogen (secondary N) is 1. The monoisotopic (exact) mass is 126 g/mol. The molecule has 1 aliphatic heterocycles. The van der Waals surface area contributed by atoms with Crippen LogP contribution in [-0.2, 0) is 0 Å². The average molecular weight is 126 g/mol. The Kier molecular flexibility index (Phi) is 2.11. The van der Waals surface area contributed by atoms with Crippen LogP contribution >= 0.6 is 0 Å². The van der Waals surface area contributed by atoms with Crippen molar-refractivity contribution >= 4 is 0 Å². The van der Waals surface area contributed by atoms with Gasteiger partial charge in [-0.25, -0.2) is 0 Å². The molecule has 1 N–H and O–H groups in total. The van der Waals surface area contributed by atoms with Crippen LogP contribution in [0.2, 0.25) is 0 Å². The summed E-state index contributed by atoms with van der Waals surface area (Å²) in [7, 11) is 1.96. The summed E-state index contributed by atoms with van der Waals surface area (Å²) < 4.78 is 0. The summed E-state index contributed by atoms with van der Waals surface area (Å²) in [6.07, 6.45) is 2.46. The zero-order chi connectivity index (χ0) is 6.69. The smallest absolute Gasteiger partial charge is 0.0676 e. The molecule has 9 heavy (non-hydrogen) atoms. The van der Waals surface area contributed by atoms with E-state index in [9.17, 15) is 0 Å².